The first-order valence-electron chi connectivity index (χ1n) is 22.5. The fourth-order valence-electron chi connectivity index (χ4n) is 9.42. The van der Waals surface area contributed by atoms with E-state index in [0.717, 1.165) is 30.3 Å². The van der Waals surface area contributed by atoms with Crippen molar-refractivity contribution in [2.45, 2.75) is 30.9 Å². The summed E-state index contributed by atoms with van der Waals surface area (Å²) in [4.78, 5) is 14.2. The Bertz CT molecular complexity index is 3890. The molecule has 8 aromatic carbocycles. The molecule has 0 bridgehead atoms. The Kier molecular flexibility index (Phi) is 11.4. The molecule has 11 rings (SSSR count). The Morgan fingerprint density at radius 2 is 0.539 bits per heavy atom. The van der Waals surface area contributed by atoms with E-state index in [-0.39, 0.29) is 83.6 Å². The topological polar surface area (TPSA) is 48.5 Å². The molecule has 0 N–H and O–H groups in total. The fraction of sp³-hybridized carbons (Fsp3) is 0.0893. The van der Waals surface area contributed by atoms with Gasteiger partial charge in [0.1, 0.15) is 0 Å². The molecule has 5 nitrogen and oxygen atoms in total. The van der Waals surface area contributed by atoms with Gasteiger partial charge in [-0.2, -0.15) is 65.9 Å². The lowest BCUT2D eigenvalue weighted by Gasteiger charge is -2.21. The summed E-state index contributed by atoms with van der Waals surface area (Å²) < 4.78 is 220. The van der Waals surface area contributed by atoms with Crippen LogP contribution >= 0.6 is 0 Å². The zero-order valence-electron chi connectivity index (χ0n) is 38.1. The molecular weight excluding hydrogens is 1030 g/mol. The Balaban J connectivity index is 1.29. The van der Waals surface area contributed by atoms with Crippen LogP contribution in [0.4, 0.5) is 65.9 Å². The van der Waals surface area contributed by atoms with Crippen molar-refractivity contribution >= 4 is 43.6 Å². The lowest BCUT2D eigenvalue weighted by atomic mass is 9.96. The summed E-state index contributed by atoms with van der Waals surface area (Å²) in [5.41, 5.74) is -6.87. The van der Waals surface area contributed by atoms with Gasteiger partial charge in [-0.15, -0.1) is 0 Å². The number of hydrogen-bond donors (Lipinski definition) is 0. The number of benzene rings is 8. The summed E-state index contributed by atoms with van der Waals surface area (Å²) in [5, 5.41) is -1.41. The van der Waals surface area contributed by atoms with E-state index in [1.54, 1.807) is 60.7 Å². The second kappa shape index (κ2) is 17.5. The van der Waals surface area contributed by atoms with Crippen LogP contribution in [-0.4, -0.2) is 24.1 Å². The lowest BCUT2D eigenvalue weighted by Crippen LogP contribution is -2.08. The Hall–Kier alpha value is -8.68. The van der Waals surface area contributed by atoms with E-state index in [4.69, 9.17) is 9.97 Å². The molecule has 0 spiro atoms. The van der Waals surface area contributed by atoms with Gasteiger partial charge < -0.3 is 9.13 Å². The van der Waals surface area contributed by atoms with Crippen LogP contribution in [-0.2, 0) is 30.9 Å². The van der Waals surface area contributed by atoms with Gasteiger partial charge in [-0.25, -0.2) is 15.0 Å². The molecule has 20 heteroatoms. The third-order valence-corrected chi connectivity index (χ3v) is 12.9. The zero-order chi connectivity index (χ0) is 53.9. The average molecular weight is 1060 g/mol. The quantitative estimate of drug-likeness (QED) is 0.156. The van der Waals surface area contributed by atoms with Crippen LogP contribution in [0.1, 0.15) is 27.8 Å². The number of fused-ring (bicyclic) bond motifs is 6. The number of rotatable bonds is 6. The average Bonchev–Trinajstić information content (AvgIpc) is 4.01. The van der Waals surface area contributed by atoms with E-state index < -0.39 is 64.3 Å². The SMILES string of the molecule is FC(F)(F)c1ccc(-n2c3ccc(C(F)(F)F)cc3c3cc(C(F)(F)F)ccc32)c(-c2cc(-c3nc(-c4ccccc4)nc(-c4ccccc4)n3)ccc2-n2c3ccc(C(F)(F)F)cc3c3cc(C(F)(F)F)ccc32)c1. The first-order chi connectivity index (χ1) is 35.8. The van der Waals surface area contributed by atoms with Gasteiger partial charge in [0, 0.05) is 49.4 Å². The molecule has 0 radical (unpaired) electrons. The van der Waals surface area contributed by atoms with E-state index >= 15 is 13.2 Å². The molecule has 0 saturated carbocycles. The van der Waals surface area contributed by atoms with Gasteiger partial charge in [-0.05, 0) is 109 Å². The van der Waals surface area contributed by atoms with E-state index in [1.165, 1.54) is 27.3 Å². The minimum Gasteiger partial charge on any atom is -0.309 e. The van der Waals surface area contributed by atoms with Gasteiger partial charge in [0.25, 0.3) is 0 Å². The van der Waals surface area contributed by atoms with E-state index in [1.807, 2.05) is 0 Å². The summed E-state index contributed by atoms with van der Waals surface area (Å²) in [7, 11) is 0. The van der Waals surface area contributed by atoms with Gasteiger partial charge in [-0.3, -0.25) is 0 Å². The van der Waals surface area contributed by atoms with Crippen molar-refractivity contribution in [3.8, 4) is 56.7 Å². The second-order valence-corrected chi connectivity index (χ2v) is 17.6. The molecule has 11 aromatic rings. The van der Waals surface area contributed by atoms with Crippen LogP contribution in [0.5, 0.6) is 0 Å². The van der Waals surface area contributed by atoms with Gasteiger partial charge in [-0.1, -0.05) is 60.7 Å². The molecule has 3 aromatic heterocycles. The third kappa shape index (κ3) is 8.79. The minimum absolute atomic E-state index is 0.0721. The van der Waals surface area contributed by atoms with Crippen molar-refractivity contribution in [1.29, 1.82) is 0 Å². The second-order valence-electron chi connectivity index (χ2n) is 17.6. The summed E-state index contributed by atoms with van der Waals surface area (Å²) in [5.74, 6) is 0.205. The van der Waals surface area contributed by atoms with Gasteiger partial charge in [0.05, 0.1) is 61.3 Å². The lowest BCUT2D eigenvalue weighted by molar-refractivity contribution is -0.138. The first-order valence-corrected chi connectivity index (χ1v) is 22.5. The minimum atomic E-state index is -5.12. The van der Waals surface area contributed by atoms with Crippen molar-refractivity contribution in [3.63, 3.8) is 0 Å². The highest BCUT2D eigenvalue weighted by Gasteiger charge is 2.37. The molecule has 0 amide bonds. The molecule has 0 aliphatic rings. The molecule has 0 aliphatic heterocycles. The zero-order valence-corrected chi connectivity index (χ0v) is 38.1. The predicted octanol–water partition coefficient (Wildman–Crippen LogP) is 17.8. The smallest absolute Gasteiger partial charge is 0.309 e. The van der Waals surface area contributed by atoms with E-state index in [9.17, 15) is 52.7 Å². The van der Waals surface area contributed by atoms with Crippen molar-refractivity contribution in [2.75, 3.05) is 0 Å². The molecule has 76 heavy (non-hydrogen) atoms. The van der Waals surface area contributed by atoms with Crippen LogP contribution in [0, 0.1) is 0 Å². The summed E-state index contributed by atoms with van der Waals surface area (Å²) in [6.07, 6.45) is -25.1. The van der Waals surface area contributed by atoms with Crippen molar-refractivity contribution in [2.24, 2.45) is 0 Å². The Morgan fingerprint density at radius 1 is 0.263 bits per heavy atom. The highest BCUT2D eigenvalue weighted by molar-refractivity contribution is 6.12. The molecule has 0 saturated heterocycles. The molecule has 0 fully saturated rings. The number of aromatic nitrogens is 5. The molecule has 0 aliphatic carbocycles. The largest absolute Gasteiger partial charge is 0.416 e. The van der Waals surface area contributed by atoms with E-state index in [0.29, 0.717) is 71.8 Å². The van der Waals surface area contributed by atoms with Crippen LogP contribution < -0.4 is 0 Å². The van der Waals surface area contributed by atoms with Crippen LogP contribution in [0.15, 0.2) is 170 Å². The first kappa shape index (κ1) is 49.5. The number of hydrogen-bond acceptors (Lipinski definition) is 3. The summed E-state index contributed by atoms with van der Waals surface area (Å²) >= 11 is 0. The molecule has 0 unspecified atom stereocenters. The Labute approximate surface area is 417 Å². The maximum atomic E-state index is 15.2. The van der Waals surface area contributed by atoms with Crippen molar-refractivity contribution < 1.29 is 65.9 Å². The highest BCUT2D eigenvalue weighted by Crippen LogP contribution is 2.47. The summed E-state index contributed by atoms with van der Waals surface area (Å²) in [6, 6.07) is 32.6. The van der Waals surface area contributed by atoms with Gasteiger partial charge in [0.15, 0.2) is 17.5 Å². The van der Waals surface area contributed by atoms with Crippen LogP contribution in [0.25, 0.3) is 100 Å². The molecular formula is C56H28F15N5. The number of alkyl halides is 15. The van der Waals surface area contributed by atoms with Crippen LogP contribution in [0.3, 0.4) is 0 Å². The van der Waals surface area contributed by atoms with Gasteiger partial charge in [0.2, 0.25) is 0 Å². The van der Waals surface area contributed by atoms with E-state index in [2.05, 4.69) is 4.98 Å². The number of nitrogens with zero attached hydrogens (tertiary/aromatic N) is 5. The molecule has 3 heterocycles. The Morgan fingerprint density at radius 3 is 0.868 bits per heavy atom. The maximum Gasteiger partial charge on any atom is 0.416 e. The van der Waals surface area contributed by atoms with Gasteiger partial charge >= 0.3 is 30.9 Å². The molecule has 0 atom stereocenters. The standard InChI is InChI=1S/C56H28F15N5/c57-52(58,59)32-12-18-44(76-47-21-15-35(55(66,67)68)27-41(47)42-28-36(56(69,70)71)16-22-48(42)76)38(24-32)37-23-31(51-73-49(29-7-3-1-4-8-29)72-50(74-51)30-9-5-2-6-10-30)11-17-43(37)75-45-19-13-33(53(60,61)62)25-39(45)40-26-34(54(63,64)65)14-20-46(40)75/h1-28H. The maximum absolute atomic E-state index is 15.2. The monoisotopic (exact) mass is 1060 g/mol. The predicted molar refractivity (Wildman–Crippen MR) is 255 cm³/mol. The molecule has 382 valence electrons. The van der Waals surface area contributed by atoms with Crippen molar-refractivity contribution in [1.82, 2.24) is 24.1 Å². The summed E-state index contributed by atoms with van der Waals surface area (Å²) in [6.45, 7) is 0. The van der Waals surface area contributed by atoms with Crippen molar-refractivity contribution in [3.05, 3.63) is 198 Å². The fourth-order valence-corrected chi connectivity index (χ4v) is 9.42. The van der Waals surface area contributed by atoms with Crippen LogP contribution in [0.2, 0.25) is 0 Å². The number of halogens is 15. The normalized spacial score (nSPS) is 12.9. The third-order valence-electron chi connectivity index (χ3n) is 12.9. The highest BCUT2D eigenvalue weighted by atomic mass is 19.4.